The molecular weight excluding hydrogens is 334 g/mol. The minimum Gasteiger partial charge on any atom is -0.305 e. The normalized spacial score (nSPS) is 16.5. The maximum absolute atomic E-state index is 14.0. The van der Waals surface area contributed by atoms with Crippen molar-refractivity contribution < 1.29 is 13.6 Å². The first-order valence-corrected chi connectivity index (χ1v) is 8.94. The predicted molar refractivity (Wildman–Crippen MR) is 99.2 cm³/mol. The number of hydrogen-bond donors (Lipinski definition) is 0. The number of hydrogen-bond acceptors (Lipinski definition) is 3. The first kappa shape index (κ1) is 18.7. The van der Waals surface area contributed by atoms with Crippen molar-refractivity contribution in [2.45, 2.75) is 19.9 Å². The summed E-state index contributed by atoms with van der Waals surface area (Å²) in [5, 5.41) is 0. The maximum atomic E-state index is 14.0. The Morgan fingerprint density at radius 2 is 1.62 bits per heavy atom. The smallest absolute Gasteiger partial charge is 0.165 e. The van der Waals surface area contributed by atoms with Gasteiger partial charge >= 0.3 is 0 Å². The zero-order chi connectivity index (χ0) is 18.7. The standard InChI is InChI=1S/C21H24F2N2O/c1-15(26)21-19(22)12-18(13-20(21)23)17-6-4-16(5-7-17)14-25-9-3-8-24(2)10-11-25/h4-7,12-13H,3,8-11,14H2,1-2H3. The van der Waals surface area contributed by atoms with Crippen molar-refractivity contribution in [3.8, 4) is 11.1 Å². The Labute approximate surface area is 153 Å². The second-order valence-electron chi connectivity index (χ2n) is 7.00. The molecule has 2 aromatic rings. The third-order valence-electron chi connectivity index (χ3n) is 4.90. The monoisotopic (exact) mass is 358 g/mol. The Balaban J connectivity index is 1.74. The third-order valence-corrected chi connectivity index (χ3v) is 4.90. The molecule has 1 aliphatic heterocycles. The Morgan fingerprint density at radius 3 is 2.23 bits per heavy atom. The zero-order valence-electron chi connectivity index (χ0n) is 15.3. The van der Waals surface area contributed by atoms with E-state index < -0.39 is 23.0 Å². The highest BCUT2D eigenvalue weighted by Crippen LogP contribution is 2.25. The number of carbonyl (C=O) groups is 1. The molecule has 1 saturated heterocycles. The minimum absolute atomic E-state index is 0.438. The summed E-state index contributed by atoms with van der Waals surface area (Å²) >= 11 is 0. The fourth-order valence-corrected chi connectivity index (χ4v) is 3.40. The summed E-state index contributed by atoms with van der Waals surface area (Å²) < 4.78 is 28.1. The molecule has 0 radical (unpaired) electrons. The average Bonchev–Trinajstić information content (AvgIpc) is 2.79. The second kappa shape index (κ2) is 8.06. The Bertz CT molecular complexity index is 766. The van der Waals surface area contributed by atoms with Gasteiger partial charge in [-0.3, -0.25) is 9.69 Å². The molecule has 0 amide bonds. The Kier molecular flexibility index (Phi) is 5.79. The predicted octanol–water partition coefficient (Wildman–Crippen LogP) is 3.97. The van der Waals surface area contributed by atoms with E-state index in [4.69, 9.17) is 0 Å². The first-order valence-electron chi connectivity index (χ1n) is 8.94. The van der Waals surface area contributed by atoms with E-state index in [0.717, 1.165) is 51.6 Å². The highest BCUT2D eigenvalue weighted by Gasteiger charge is 2.16. The number of Topliss-reactive ketones (excluding diaryl/α,β-unsaturated/α-hetero) is 1. The van der Waals surface area contributed by atoms with Crippen LogP contribution in [0.4, 0.5) is 8.78 Å². The number of rotatable bonds is 4. The SMILES string of the molecule is CC(=O)c1c(F)cc(-c2ccc(CN3CCCN(C)CC3)cc2)cc1F. The number of halogens is 2. The first-order chi connectivity index (χ1) is 12.4. The Hall–Kier alpha value is -2.11. The number of ketones is 1. The van der Waals surface area contributed by atoms with Crippen molar-refractivity contribution >= 4 is 5.78 Å². The fraction of sp³-hybridized carbons (Fsp3) is 0.381. The molecule has 1 aliphatic rings. The molecule has 2 aromatic carbocycles. The molecule has 0 saturated carbocycles. The third kappa shape index (κ3) is 4.34. The topological polar surface area (TPSA) is 23.6 Å². The Morgan fingerprint density at radius 1 is 0.962 bits per heavy atom. The van der Waals surface area contributed by atoms with Crippen molar-refractivity contribution in [3.63, 3.8) is 0 Å². The van der Waals surface area contributed by atoms with E-state index in [1.807, 2.05) is 24.3 Å². The van der Waals surface area contributed by atoms with Gasteiger partial charge in [0.25, 0.3) is 0 Å². The van der Waals surface area contributed by atoms with Crippen LogP contribution < -0.4 is 0 Å². The van der Waals surface area contributed by atoms with Gasteiger partial charge in [0, 0.05) is 19.6 Å². The number of nitrogens with zero attached hydrogens (tertiary/aromatic N) is 2. The highest BCUT2D eigenvalue weighted by molar-refractivity contribution is 5.95. The molecular formula is C21H24F2N2O. The number of benzene rings is 2. The van der Waals surface area contributed by atoms with Gasteiger partial charge in [-0.1, -0.05) is 24.3 Å². The van der Waals surface area contributed by atoms with Gasteiger partial charge in [-0.05, 0) is 62.3 Å². The molecule has 0 N–H and O–H groups in total. The van der Waals surface area contributed by atoms with E-state index in [2.05, 4.69) is 16.8 Å². The van der Waals surface area contributed by atoms with Gasteiger partial charge in [-0.25, -0.2) is 8.78 Å². The van der Waals surface area contributed by atoms with E-state index in [9.17, 15) is 13.6 Å². The van der Waals surface area contributed by atoms with E-state index in [1.54, 1.807) is 0 Å². The van der Waals surface area contributed by atoms with Crippen LogP contribution in [-0.2, 0) is 6.54 Å². The van der Waals surface area contributed by atoms with Gasteiger partial charge in [-0.2, -0.15) is 0 Å². The van der Waals surface area contributed by atoms with Crippen LogP contribution in [0.25, 0.3) is 11.1 Å². The molecule has 0 spiro atoms. The highest BCUT2D eigenvalue weighted by atomic mass is 19.1. The zero-order valence-corrected chi connectivity index (χ0v) is 15.3. The van der Waals surface area contributed by atoms with Crippen LogP contribution in [-0.4, -0.2) is 48.8 Å². The summed E-state index contributed by atoms with van der Waals surface area (Å²) in [6.07, 6.45) is 1.16. The molecule has 0 atom stereocenters. The van der Waals surface area contributed by atoms with Crippen molar-refractivity contribution in [2.24, 2.45) is 0 Å². The lowest BCUT2D eigenvalue weighted by Gasteiger charge is -2.20. The van der Waals surface area contributed by atoms with Gasteiger partial charge in [0.2, 0.25) is 0 Å². The van der Waals surface area contributed by atoms with Crippen LogP contribution in [0.1, 0.15) is 29.3 Å². The van der Waals surface area contributed by atoms with E-state index in [-0.39, 0.29) is 0 Å². The lowest BCUT2D eigenvalue weighted by Crippen LogP contribution is -2.28. The van der Waals surface area contributed by atoms with Gasteiger partial charge in [0.1, 0.15) is 11.6 Å². The summed E-state index contributed by atoms with van der Waals surface area (Å²) in [6, 6.07) is 10.2. The van der Waals surface area contributed by atoms with E-state index in [1.165, 1.54) is 17.7 Å². The minimum atomic E-state index is -0.815. The summed E-state index contributed by atoms with van der Waals surface area (Å²) in [7, 11) is 2.15. The second-order valence-corrected chi connectivity index (χ2v) is 7.00. The van der Waals surface area contributed by atoms with Crippen molar-refractivity contribution in [3.05, 3.63) is 59.2 Å². The molecule has 1 fully saturated rings. The van der Waals surface area contributed by atoms with Crippen molar-refractivity contribution in [1.82, 2.24) is 9.80 Å². The van der Waals surface area contributed by atoms with Crippen LogP contribution in [0.2, 0.25) is 0 Å². The molecule has 5 heteroatoms. The quantitative estimate of drug-likeness (QED) is 0.773. The van der Waals surface area contributed by atoms with Crippen molar-refractivity contribution in [2.75, 3.05) is 33.2 Å². The van der Waals surface area contributed by atoms with E-state index in [0.29, 0.717) is 5.56 Å². The molecule has 3 rings (SSSR count). The van der Waals surface area contributed by atoms with E-state index >= 15 is 0 Å². The van der Waals surface area contributed by atoms with Gasteiger partial charge in [0.05, 0.1) is 5.56 Å². The lowest BCUT2D eigenvalue weighted by atomic mass is 10.0. The molecule has 26 heavy (non-hydrogen) atoms. The van der Waals surface area contributed by atoms with Crippen LogP contribution in [0.15, 0.2) is 36.4 Å². The molecule has 138 valence electrons. The maximum Gasteiger partial charge on any atom is 0.165 e. The number of likely N-dealkylation sites (N-methyl/N-ethyl adjacent to an activating group) is 1. The molecule has 1 heterocycles. The summed E-state index contributed by atoms with van der Waals surface area (Å²) in [4.78, 5) is 16.1. The van der Waals surface area contributed by atoms with Crippen LogP contribution in [0.3, 0.4) is 0 Å². The lowest BCUT2D eigenvalue weighted by molar-refractivity contribution is 0.101. The molecule has 0 unspecified atom stereocenters. The molecule has 3 nitrogen and oxygen atoms in total. The summed E-state index contributed by atoms with van der Waals surface area (Å²) in [6.45, 7) is 6.36. The van der Waals surface area contributed by atoms with Gasteiger partial charge in [0.15, 0.2) is 5.78 Å². The number of carbonyl (C=O) groups excluding carboxylic acids is 1. The van der Waals surface area contributed by atoms with Crippen LogP contribution in [0.5, 0.6) is 0 Å². The molecule has 0 bridgehead atoms. The average molecular weight is 358 g/mol. The fourth-order valence-electron chi connectivity index (χ4n) is 3.40. The van der Waals surface area contributed by atoms with Gasteiger partial charge in [-0.15, -0.1) is 0 Å². The van der Waals surface area contributed by atoms with Crippen LogP contribution in [0, 0.1) is 11.6 Å². The van der Waals surface area contributed by atoms with Crippen molar-refractivity contribution in [1.29, 1.82) is 0 Å². The summed E-state index contributed by atoms with van der Waals surface area (Å²) in [5.41, 5.74) is 1.88. The molecule has 0 aliphatic carbocycles. The van der Waals surface area contributed by atoms with Gasteiger partial charge < -0.3 is 4.90 Å². The summed E-state index contributed by atoms with van der Waals surface area (Å²) in [5.74, 6) is -2.24. The van der Waals surface area contributed by atoms with Crippen LogP contribution >= 0.6 is 0 Å². The molecule has 0 aromatic heterocycles. The largest absolute Gasteiger partial charge is 0.305 e.